The van der Waals surface area contributed by atoms with Gasteiger partial charge >= 0.3 is 0 Å². The maximum absolute atomic E-state index is 13.1. The molecule has 3 aromatic rings. The van der Waals surface area contributed by atoms with Crippen molar-refractivity contribution in [2.45, 2.75) is 31.7 Å². The van der Waals surface area contributed by atoms with Gasteiger partial charge < -0.3 is 14.0 Å². The summed E-state index contributed by atoms with van der Waals surface area (Å²) in [6.45, 7) is 3.40. The smallest absolute Gasteiger partial charge is 0.265 e. The molecule has 2 aromatic carbocycles. The number of hydrogen-bond acceptors (Lipinski definition) is 8. The van der Waals surface area contributed by atoms with E-state index in [1.54, 1.807) is 37.3 Å². The Bertz CT molecular complexity index is 1270. The molecule has 0 bridgehead atoms. The zero-order chi connectivity index (χ0) is 22.9. The number of aromatic nitrogens is 2. The summed E-state index contributed by atoms with van der Waals surface area (Å²) in [4.78, 5) is 18.2. The van der Waals surface area contributed by atoms with Crippen molar-refractivity contribution in [2.75, 3.05) is 23.3 Å². The van der Waals surface area contributed by atoms with Crippen LogP contribution in [0.5, 0.6) is 11.5 Å². The molecular weight excluding hydrogens is 436 g/mol. The van der Waals surface area contributed by atoms with Gasteiger partial charge in [-0.25, -0.2) is 8.42 Å². The second-order valence-electron chi connectivity index (χ2n) is 7.12. The predicted octanol–water partition coefficient (Wildman–Crippen LogP) is 2.68. The number of carbonyl (C=O) groups excluding carboxylic acids is 1. The highest BCUT2D eigenvalue weighted by Gasteiger charge is 2.30. The Kier molecular flexibility index (Phi) is 5.74. The van der Waals surface area contributed by atoms with Crippen LogP contribution in [0.4, 0.5) is 11.4 Å². The molecule has 2 heterocycles. The molecule has 1 aromatic heterocycles. The van der Waals surface area contributed by atoms with E-state index in [1.807, 2.05) is 6.92 Å². The van der Waals surface area contributed by atoms with Crippen LogP contribution in [0.25, 0.3) is 0 Å². The number of amides is 1. The molecule has 0 spiro atoms. The number of ether oxygens (including phenoxy) is 2. The van der Waals surface area contributed by atoms with Gasteiger partial charge in [-0.15, -0.1) is 0 Å². The number of carbonyl (C=O) groups is 1. The lowest BCUT2D eigenvalue weighted by molar-refractivity contribution is -0.121. The minimum atomic E-state index is -3.95. The van der Waals surface area contributed by atoms with E-state index in [0.717, 1.165) is 0 Å². The topological polar surface area (TPSA) is 124 Å². The summed E-state index contributed by atoms with van der Waals surface area (Å²) in [6, 6.07) is 9.73. The molecule has 0 fully saturated rings. The summed E-state index contributed by atoms with van der Waals surface area (Å²) in [5, 5.41) is 3.89. The van der Waals surface area contributed by atoms with Crippen LogP contribution in [-0.2, 0) is 27.8 Å². The Morgan fingerprint density at radius 2 is 2.03 bits per heavy atom. The van der Waals surface area contributed by atoms with Crippen molar-refractivity contribution in [2.24, 2.45) is 0 Å². The van der Waals surface area contributed by atoms with Crippen molar-refractivity contribution < 1.29 is 27.2 Å². The van der Waals surface area contributed by atoms with E-state index in [2.05, 4.69) is 14.9 Å². The zero-order valence-electron chi connectivity index (χ0n) is 17.8. The number of methoxy groups -OCH3 is 1. The third kappa shape index (κ3) is 4.11. The standard InChI is InChI=1S/C21H22N4O6S/c1-4-20-22-19(23-31-20)11-25-15-9-13(2)18(10-17(15)30-12-21(25)26)32(27,28)24-14-7-5-6-8-16(14)29-3/h5-10,24H,4,11-12H2,1-3H3. The third-order valence-electron chi connectivity index (χ3n) is 4.95. The monoisotopic (exact) mass is 458 g/mol. The normalized spacial score (nSPS) is 13.5. The first-order chi connectivity index (χ1) is 15.3. The lowest BCUT2D eigenvalue weighted by atomic mass is 10.1. The number of nitrogens with zero attached hydrogens (tertiary/aromatic N) is 3. The predicted molar refractivity (Wildman–Crippen MR) is 115 cm³/mol. The first-order valence-electron chi connectivity index (χ1n) is 9.87. The summed E-state index contributed by atoms with van der Waals surface area (Å²) >= 11 is 0. The third-order valence-corrected chi connectivity index (χ3v) is 6.46. The minimum Gasteiger partial charge on any atom is -0.495 e. The maximum Gasteiger partial charge on any atom is 0.265 e. The average molecular weight is 458 g/mol. The quantitative estimate of drug-likeness (QED) is 0.573. The van der Waals surface area contributed by atoms with E-state index in [-0.39, 0.29) is 29.7 Å². The Labute approximate surface area is 185 Å². The lowest BCUT2D eigenvalue weighted by Crippen LogP contribution is -2.38. The van der Waals surface area contributed by atoms with Crippen molar-refractivity contribution in [3.8, 4) is 11.5 Å². The molecule has 0 saturated carbocycles. The SMILES string of the molecule is CCc1nc(CN2C(=O)COc3cc(S(=O)(=O)Nc4ccccc4OC)c(C)cc32)no1. The van der Waals surface area contributed by atoms with Gasteiger partial charge in [0.05, 0.1) is 29.9 Å². The minimum absolute atomic E-state index is 0.0317. The molecule has 1 N–H and O–H groups in total. The number of sulfonamides is 1. The van der Waals surface area contributed by atoms with Crippen LogP contribution in [0.3, 0.4) is 0 Å². The average Bonchev–Trinajstić information content (AvgIpc) is 3.23. The Balaban J connectivity index is 1.68. The number of para-hydroxylation sites is 2. The second-order valence-corrected chi connectivity index (χ2v) is 8.77. The van der Waals surface area contributed by atoms with E-state index in [0.29, 0.717) is 40.8 Å². The molecule has 1 aliphatic heterocycles. The Morgan fingerprint density at radius 1 is 1.25 bits per heavy atom. The number of anilines is 2. The van der Waals surface area contributed by atoms with Gasteiger partial charge in [0.1, 0.15) is 11.5 Å². The van der Waals surface area contributed by atoms with E-state index in [4.69, 9.17) is 14.0 Å². The number of aryl methyl sites for hydroxylation is 2. The van der Waals surface area contributed by atoms with Gasteiger partial charge in [0, 0.05) is 12.5 Å². The fourth-order valence-electron chi connectivity index (χ4n) is 3.36. The summed E-state index contributed by atoms with van der Waals surface area (Å²) in [5.41, 5.74) is 1.20. The number of nitrogens with one attached hydrogen (secondary N) is 1. The molecule has 168 valence electrons. The molecular formula is C21H22N4O6S. The fraction of sp³-hybridized carbons (Fsp3) is 0.286. The molecule has 0 radical (unpaired) electrons. The van der Waals surface area contributed by atoms with Crippen LogP contribution < -0.4 is 19.1 Å². The molecule has 0 unspecified atom stereocenters. The van der Waals surface area contributed by atoms with Crippen LogP contribution >= 0.6 is 0 Å². The van der Waals surface area contributed by atoms with Gasteiger partial charge in [-0.05, 0) is 30.7 Å². The van der Waals surface area contributed by atoms with Gasteiger partial charge in [-0.2, -0.15) is 4.98 Å². The molecule has 32 heavy (non-hydrogen) atoms. The fourth-order valence-corrected chi connectivity index (χ4v) is 4.68. The van der Waals surface area contributed by atoms with Crippen LogP contribution in [0, 0.1) is 6.92 Å². The van der Waals surface area contributed by atoms with Gasteiger partial charge in [0.25, 0.3) is 15.9 Å². The van der Waals surface area contributed by atoms with Crippen molar-refractivity contribution in [3.05, 3.63) is 53.7 Å². The summed E-state index contributed by atoms with van der Waals surface area (Å²) in [6.07, 6.45) is 0.584. The Morgan fingerprint density at radius 3 is 2.75 bits per heavy atom. The number of fused-ring (bicyclic) bond motifs is 1. The number of hydrogen-bond donors (Lipinski definition) is 1. The number of rotatable bonds is 7. The van der Waals surface area contributed by atoms with Crippen LogP contribution in [0.1, 0.15) is 24.2 Å². The molecule has 0 atom stereocenters. The number of benzene rings is 2. The van der Waals surface area contributed by atoms with E-state index < -0.39 is 10.0 Å². The van der Waals surface area contributed by atoms with E-state index in [1.165, 1.54) is 18.1 Å². The highest BCUT2D eigenvalue weighted by molar-refractivity contribution is 7.92. The van der Waals surface area contributed by atoms with E-state index >= 15 is 0 Å². The summed E-state index contributed by atoms with van der Waals surface area (Å²) in [5.74, 6) is 1.21. The molecule has 10 nitrogen and oxygen atoms in total. The highest BCUT2D eigenvalue weighted by atomic mass is 32.2. The van der Waals surface area contributed by atoms with Crippen molar-refractivity contribution in [1.82, 2.24) is 10.1 Å². The van der Waals surface area contributed by atoms with Gasteiger partial charge in [-0.1, -0.05) is 24.2 Å². The first kappa shape index (κ1) is 21.6. The van der Waals surface area contributed by atoms with Gasteiger partial charge in [0.2, 0.25) is 5.89 Å². The van der Waals surface area contributed by atoms with E-state index in [9.17, 15) is 13.2 Å². The largest absolute Gasteiger partial charge is 0.495 e. The van der Waals surface area contributed by atoms with Crippen LogP contribution in [-0.4, -0.2) is 38.2 Å². The van der Waals surface area contributed by atoms with Gasteiger partial charge in [0.15, 0.2) is 12.4 Å². The summed E-state index contributed by atoms with van der Waals surface area (Å²) < 4.78 is 44.7. The Hall–Kier alpha value is -3.60. The molecule has 0 saturated heterocycles. The molecule has 0 aliphatic carbocycles. The lowest BCUT2D eigenvalue weighted by Gasteiger charge is -2.29. The van der Waals surface area contributed by atoms with Crippen LogP contribution in [0.15, 0.2) is 45.8 Å². The molecule has 1 aliphatic rings. The van der Waals surface area contributed by atoms with Crippen molar-refractivity contribution in [1.29, 1.82) is 0 Å². The van der Waals surface area contributed by atoms with Crippen molar-refractivity contribution in [3.63, 3.8) is 0 Å². The van der Waals surface area contributed by atoms with Crippen LogP contribution in [0.2, 0.25) is 0 Å². The molecule has 11 heteroatoms. The molecule has 1 amide bonds. The zero-order valence-corrected chi connectivity index (χ0v) is 18.6. The first-order valence-corrected chi connectivity index (χ1v) is 11.4. The summed E-state index contributed by atoms with van der Waals surface area (Å²) in [7, 11) is -2.49. The van der Waals surface area contributed by atoms with Crippen molar-refractivity contribution >= 4 is 27.3 Å². The highest BCUT2D eigenvalue weighted by Crippen LogP contribution is 2.38. The maximum atomic E-state index is 13.1. The molecule has 4 rings (SSSR count). The van der Waals surface area contributed by atoms with Gasteiger partial charge in [-0.3, -0.25) is 14.4 Å². The second kappa shape index (κ2) is 8.50.